The third-order valence-electron chi connectivity index (χ3n) is 5.56. The number of nitriles is 1. The lowest BCUT2D eigenvalue weighted by atomic mass is 10.1. The Bertz CT molecular complexity index is 1310. The van der Waals surface area contributed by atoms with Crippen LogP contribution in [-0.4, -0.2) is 40.7 Å². The summed E-state index contributed by atoms with van der Waals surface area (Å²) in [5.74, 6) is 0.304. The number of benzene rings is 2. The number of nitrogens with two attached hydrogens (primary N) is 1. The number of sulfonamides is 1. The SMILES string of the molecule is Cc1cccc(Cc2nc(CN(CCC#N)C3CC3)nn2-c2ccc(S(N)(=O)=O)cc2F)c1. The van der Waals surface area contributed by atoms with Crippen LogP contribution in [0.2, 0.25) is 0 Å². The lowest BCUT2D eigenvalue weighted by Crippen LogP contribution is -2.27. The van der Waals surface area contributed by atoms with E-state index in [4.69, 9.17) is 15.4 Å². The van der Waals surface area contributed by atoms with Crippen molar-refractivity contribution in [2.75, 3.05) is 6.54 Å². The highest BCUT2D eigenvalue weighted by Gasteiger charge is 2.30. The first-order valence-corrected chi connectivity index (χ1v) is 12.2. The average molecular weight is 469 g/mol. The van der Waals surface area contributed by atoms with Crippen molar-refractivity contribution in [1.82, 2.24) is 19.7 Å². The van der Waals surface area contributed by atoms with E-state index in [1.165, 1.54) is 16.8 Å². The molecule has 4 rings (SSSR count). The van der Waals surface area contributed by atoms with Gasteiger partial charge in [-0.25, -0.2) is 27.6 Å². The van der Waals surface area contributed by atoms with Crippen molar-refractivity contribution in [3.05, 3.63) is 71.1 Å². The Hall–Kier alpha value is -3.13. The van der Waals surface area contributed by atoms with Crippen LogP contribution in [0.15, 0.2) is 47.4 Å². The molecule has 8 nitrogen and oxygen atoms in total. The van der Waals surface area contributed by atoms with Gasteiger partial charge in [0.1, 0.15) is 17.3 Å². The highest BCUT2D eigenvalue weighted by atomic mass is 32.2. The minimum Gasteiger partial charge on any atom is -0.292 e. The first-order chi connectivity index (χ1) is 15.7. The molecular formula is C23H25FN6O2S. The van der Waals surface area contributed by atoms with Crippen LogP contribution in [0.3, 0.4) is 0 Å². The van der Waals surface area contributed by atoms with Crippen molar-refractivity contribution in [3.8, 4) is 11.8 Å². The van der Waals surface area contributed by atoms with E-state index in [9.17, 15) is 12.8 Å². The number of nitrogens with zero attached hydrogens (tertiary/aromatic N) is 5. The lowest BCUT2D eigenvalue weighted by molar-refractivity contribution is 0.254. The summed E-state index contributed by atoms with van der Waals surface area (Å²) in [5, 5.41) is 18.7. The molecule has 0 unspecified atom stereocenters. The quantitative estimate of drug-likeness (QED) is 0.516. The second-order valence-electron chi connectivity index (χ2n) is 8.29. The molecule has 2 aromatic carbocycles. The van der Waals surface area contributed by atoms with Gasteiger partial charge in [0.25, 0.3) is 0 Å². The molecule has 33 heavy (non-hydrogen) atoms. The van der Waals surface area contributed by atoms with Gasteiger partial charge >= 0.3 is 0 Å². The molecule has 1 fully saturated rings. The van der Waals surface area contributed by atoms with Crippen LogP contribution in [0.1, 0.15) is 42.0 Å². The van der Waals surface area contributed by atoms with E-state index in [2.05, 4.69) is 16.1 Å². The molecule has 1 aromatic heterocycles. The number of rotatable bonds is 9. The Morgan fingerprint density at radius 3 is 2.70 bits per heavy atom. The van der Waals surface area contributed by atoms with Crippen LogP contribution in [-0.2, 0) is 23.0 Å². The predicted molar refractivity (Wildman–Crippen MR) is 120 cm³/mol. The summed E-state index contributed by atoms with van der Waals surface area (Å²) in [6, 6.07) is 14.0. The summed E-state index contributed by atoms with van der Waals surface area (Å²) in [7, 11) is -4.03. The molecule has 1 aliphatic rings. The van der Waals surface area contributed by atoms with Crippen LogP contribution in [0.25, 0.3) is 5.69 Å². The minimum atomic E-state index is -4.03. The Kier molecular flexibility index (Phi) is 6.56. The Morgan fingerprint density at radius 1 is 1.27 bits per heavy atom. The predicted octanol–water partition coefficient (Wildman–Crippen LogP) is 2.83. The van der Waals surface area contributed by atoms with Crippen LogP contribution < -0.4 is 5.14 Å². The molecule has 10 heteroatoms. The van der Waals surface area contributed by atoms with Crippen molar-refractivity contribution < 1.29 is 12.8 Å². The van der Waals surface area contributed by atoms with E-state index in [-0.39, 0.29) is 10.6 Å². The second kappa shape index (κ2) is 9.39. The zero-order chi connectivity index (χ0) is 23.6. The fourth-order valence-corrected chi connectivity index (χ4v) is 4.34. The Morgan fingerprint density at radius 2 is 2.06 bits per heavy atom. The van der Waals surface area contributed by atoms with E-state index < -0.39 is 15.8 Å². The van der Waals surface area contributed by atoms with Crippen LogP contribution in [0.4, 0.5) is 4.39 Å². The van der Waals surface area contributed by atoms with Gasteiger partial charge in [0.2, 0.25) is 10.0 Å². The highest BCUT2D eigenvalue weighted by Crippen LogP contribution is 2.28. The number of hydrogen-bond acceptors (Lipinski definition) is 6. The second-order valence-corrected chi connectivity index (χ2v) is 9.85. The van der Waals surface area contributed by atoms with Gasteiger partial charge in [0, 0.05) is 25.4 Å². The molecule has 0 amide bonds. The van der Waals surface area contributed by atoms with Crippen molar-refractivity contribution in [1.29, 1.82) is 5.26 Å². The summed E-state index contributed by atoms with van der Waals surface area (Å²) in [6.45, 7) is 3.07. The number of hydrogen-bond donors (Lipinski definition) is 1. The molecule has 0 bridgehead atoms. The third kappa shape index (κ3) is 5.63. The largest absolute Gasteiger partial charge is 0.292 e. The average Bonchev–Trinajstić information content (AvgIpc) is 3.53. The molecule has 172 valence electrons. The van der Waals surface area contributed by atoms with E-state index in [1.807, 2.05) is 31.2 Å². The molecule has 0 spiro atoms. The molecule has 0 atom stereocenters. The zero-order valence-corrected chi connectivity index (χ0v) is 19.1. The van der Waals surface area contributed by atoms with Gasteiger partial charge in [-0.1, -0.05) is 29.8 Å². The van der Waals surface area contributed by atoms with E-state index in [0.29, 0.717) is 43.6 Å². The number of primary sulfonamides is 1. The summed E-state index contributed by atoms with van der Waals surface area (Å²) >= 11 is 0. The van der Waals surface area contributed by atoms with E-state index in [0.717, 1.165) is 30.0 Å². The van der Waals surface area contributed by atoms with E-state index in [1.54, 1.807) is 0 Å². The normalized spacial score (nSPS) is 13.9. The molecule has 0 aliphatic heterocycles. The molecule has 0 radical (unpaired) electrons. The van der Waals surface area contributed by atoms with Crippen molar-refractivity contribution in [2.45, 2.75) is 50.1 Å². The minimum absolute atomic E-state index is 0.0961. The summed E-state index contributed by atoms with van der Waals surface area (Å²) in [6.07, 6.45) is 2.99. The first-order valence-electron chi connectivity index (χ1n) is 10.7. The number of aromatic nitrogens is 3. The standard InChI is InChI=1S/C23H25FN6O2S/c1-16-4-2-5-17(12-16)13-23-27-22(15-29(11-3-10-25)18-6-7-18)28-30(23)21-9-8-19(14-20(21)24)33(26,31)32/h2,4-5,8-9,12,14,18H,3,6-7,11,13,15H2,1H3,(H2,26,31,32). The summed E-state index contributed by atoms with van der Waals surface area (Å²) in [4.78, 5) is 6.58. The van der Waals surface area contributed by atoms with Gasteiger partial charge in [-0.3, -0.25) is 4.90 Å². The van der Waals surface area contributed by atoms with Gasteiger partial charge in [0.15, 0.2) is 5.82 Å². The molecule has 1 aliphatic carbocycles. The van der Waals surface area contributed by atoms with E-state index >= 15 is 0 Å². The van der Waals surface area contributed by atoms with Crippen molar-refractivity contribution in [3.63, 3.8) is 0 Å². The Labute approximate surface area is 192 Å². The third-order valence-corrected chi connectivity index (χ3v) is 6.47. The monoisotopic (exact) mass is 468 g/mol. The lowest BCUT2D eigenvalue weighted by Gasteiger charge is -2.18. The Balaban J connectivity index is 1.72. The fraction of sp³-hybridized carbons (Fsp3) is 0.348. The van der Waals surface area contributed by atoms with Gasteiger partial charge in [-0.15, -0.1) is 5.10 Å². The van der Waals surface area contributed by atoms with Gasteiger partial charge < -0.3 is 0 Å². The maximum absolute atomic E-state index is 15.0. The molecule has 3 aromatic rings. The van der Waals surface area contributed by atoms with Crippen LogP contribution in [0, 0.1) is 24.1 Å². The molecule has 1 heterocycles. The maximum Gasteiger partial charge on any atom is 0.238 e. The molecule has 1 saturated carbocycles. The molecule has 0 saturated heterocycles. The van der Waals surface area contributed by atoms with Crippen molar-refractivity contribution in [2.24, 2.45) is 5.14 Å². The topological polar surface area (TPSA) is 118 Å². The number of aryl methyl sites for hydroxylation is 1. The smallest absolute Gasteiger partial charge is 0.238 e. The number of halogens is 1. The highest BCUT2D eigenvalue weighted by molar-refractivity contribution is 7.89. The molecular weight excluding hydrogens is 443 g/mol. The van der Waals surface area contributed by atoms with Crippen LogP contribution in [0.5, 0.6) is 0 Å². The fourth-order valence-electron chi connectivity index (χ4n) is 3.81. The van der Waals surface area contributed by atoms with Crippen molar-refractivity contribution >= 4 is 10.0 Å². The van der Waals surface area contributed by atoms with Gasteiger partial charge in [-0.2, -0.15) is 5.26 Å². The van der Waals surface area contributed by atoms with Gasteiger partial charge in [-0.05, 0) is 43.5 Å². The zero-order valence-electron chi connectivity index (χ0n) is 18.3. The van der Waals surface area contributed by atoms with Gasteiger partial charge in [0.05, 0.1) is 17.5 Å². The van der Waals surface area contributed by atoms with Crippen LogP contribution >= 0.6 is 0 Å². The summed E-state index contributed by atoms with van der Waals surface area (Å²) < 4.78 is 39.6. The summed E-state index contributed by atoms with van der Waals surface area (Å²) in [5.41, 5.74) is 2.19. The first kappa shape index (κ1) is 23.0. The molecule has 2 N–H and O–H groups in total. The maximum atomic E-state index is 15.0.